The summed E-state index contributed by atoms with van der Waals surface area (Å²) >= 11 is 0. The highest BCUT2D eigenvalue weighted by Crippen LogP contribution is 2.36. The van der Waals surface area contributed by atoms with Crippen LogP contribution in [0, 0.1) is 6.92 Å². The smallest absolute Gasteiger partial charge is 0.394 e. The zero-order valence-electron chi connectivity index (χ0n) is 23.0. The van der Waals surface area contributed by atoms with Gasteiger partial charge in [0.25, 0.3) is 5.91 Å². The third-order valence-corrected chi connectivity index (χ3v) is 8.39. The second kappa shape index (κ2) is 11.7. The van der Waals surface area contributed by atoms with E-state index < -0.39 is 52.2 Å². The first-order valence-electron chi connectivity index (χ1n) is 12.7. The Morgan fingerprint density at radius 1 is 1.05 bits per heavy atom. The minimum Gasteiger partial charge on any atom is -0.394 e. The Balaban J connectivity index is 2.01. The molecular formula is C28H34F3N3O5S. The second-order valence-corrected chi connectivity index (χ2v) is 12.8. The fraction of sp³-hybridized carbons (Fsp3) is 0.429. The molecule has 3 N–H and O–H groups in total. The number of hydrogen-bond acceptors (Lipinski definition) is 6. The fourth-order valence-electron chi connectivity index (χ4n) is 4.50. The number of hydrogen-bond donors (Lipinski definition) is 3. The van der Waals surface area contributed by atoms with Gasteiger partial charge < -0.3 is 20.1 Å². The fourth-order valence-corrected chi connectivity index (χ4v) is 5.39. The Bertz CT molecular complexity index is 1470. The standard InChI is InChI=1S/C28H34F3N3O5S/c1-6-40(38,39)21-12-10-18(11-13-21)22(16-36)32-25(37)24-17(2)34(26(33-24)27(3,4)5)14-19-8-7-9-20(15-35)23(19)28(29,30)31/h7-13,22,35-36H,6,14-16H2,1-5H3,(H,32,37). The number of halogens is 3. The summed E-state index contributed by atoms with van der Waals surface area (Å²) in [6, 6.07) is 8.92. The van der Waals surface area contributed by atoms with Crippen molar-refractivity contribution in [3.05, 3.63) is 81.9 Å². The summed E-state index contributed by atoms with van der Waals surface area (Å²) in [5.74, 6) is -0.335. The topological polar surface area (TPSA) is 122 Å². The highest BCUT2D eigenvalue weighted by Gasteiger charge is 2.37. The first kappa shape index (κ1) is 31.3. The molecule has 1 atom stereocenters. The molecule has 0 radical (unpaired) electrons. The summed E-state index contributed by atoms with van der Waals surface area (Å²) in [4.78, 5) is 18.0. The Morgan fingerprint density at radius 2 is 1.65 bits per heavy atom. The predicted octanol–water partition coefficient (Wildman–Crippen LogP) is 4.31. The number of amides is 1. The summed E-state index contributed by atoms with van der Waals surface area (Å²) in [6.45, 7) is 7.08. The van der Waals surface area contributed by atoms with Crippen LogP contribution in [0.4, 0.5) is 13.2 Å². The molecule has 1 aromatic heterocycles. The first-order chi connectivity index (χ1) is 18.5. The molecule has 3 rings (SSSR count). The number of nitrogens with zero attached hydrogens (tertiary/aromatic N) is 2. The van der Waals surface area contributed by atoms with Crippen molar-refractivity contribution in [1.82, 2.24) is 14.9 Å². The van der Waals surface area contributed by atoms with Gasteiger partial charge in [0.05, 0.1) is 35.5 Å². The van der Waals surface area contributed by atoms with E-state index in [9.17, 15) is 36.6 Å². The molecule has 0 aliphatic carbocycles. The third kappa shape index (κ3) is 6.56. The summed E-state index contributed by atoms with van der Waals surface area (Å²) in [7, 11) is -3.42. The number of aliphatic hydroxyl groups excluding tert-OH is 2. The molecule has 0 aliphatic heterocycles. The molecule has 3 aromatic rings. The van der Waals surface area contributed by atoms with Crippen molar-refractivity contribution in [2.45, 2.75) is 70.3 Å². The molecule has 1 amide bonds. The van der Waals surface area contributed by atoms with Gasteiger partial charge in [-0.1, -0.05) is 58.0 Å². The van der Waals surface area contributed by atoms with Crippen LogP contribution in [0.2, 0.25) is 0 Å². The summed E-state index contributed by atoms with van der Waals surface area (Å²) in [6.07, 6.45) is -4.70. The predicted molar refractivity (Wildman–Crippen MR) is 144 cm³/mol. The molecule has 2 aromatic carbocycles. The van der Waals surface area contributed by atoms with E-state index in [-0.39, 0.29) is 34.0 Å². The van der Waals surface area contributed by atoms with Gasteiger partial charge in [0.2, 0.25) is 0 Å². The normalized spacial score (nSPS) is 13.3. The molecule has 218 valence electrons. The summed E-state index contributed by atoms with van der Waals surface area (Å²) in [5, 5.41) is 22.2. The molecule has 0 spiro atoms. The molecule has 0 bridgehead atoms. The van der Waals surface area contributed by atoms with Crippen molar-refractivity contribution < 1.29 is 36.6 Å². The number of nitrogens with one attached hydrogen (secondary N) is 1. The van der Waals surface area contributed by atoms with Gasteiger partial charge in [0, 0.05) is 17.7 Å². The zero-order chi connectivity index (χ0) is 30.0. The number of alkyl halides is 3. The molecule has 8 nitrogen and oxygen atoms in total. The van der Waals surface area contributed by atoms with Gasteiger partial charge >= 0.3 is 6.18 Å². The number of rotatable bonds is 9. The maximum Gasteiger partial charge on any atom is 0.417 e. The largest absolute Gasteiger partial charge is 0.417 e. The zero-order valence-corrected chi connectivity index (χ0v) is 23.8. The van der Waals surface area contributed by atoms with E-state index in [0.29, 0.717) is 17.1 Å². The van der Waals surface area contributed by atoms with E-state index >= 15 is 0 Å². The number of aliphatic hydroxyl groups is 2. The van der Waals surface area contributed by atoms with Crippen LogP contribution in [-0.2, 0) is 34.6 Å². The molecule has 1 unspecified atom stereocenters. The summed E-state index contributed by atoms with van der Waals surface area (Å²) in [5.41, 5.74) is -1.12. The minimum absolute atomic E-state index is 0.0135. The van der Waals surface area contributed by atoms with E-state index in [1.807, 2.05) is 20.8 Å². The third-order valence-electron chi connectivity index (χ3n) is 6.64. The average molecular weight is 582 g/mol. The van der Waals surface area contributed by atoms with E-state index in [1.165, 1.54) is 49.4 Å². The molecule has 1 heterocycles. The van der Waals surface area contributed by atoms with Gasteiger partial charge in [-0.25, -0.2) is 13.4 Å². The quantitative estimate of drug-likeness (QED) is 0.346. The Morgan fingerprint density at radius 3 is 2.15 bits per heavy atom. The lowest BCUT2D eigenvalue weighted by Crippen LogP contribution is -2.31. The monoisotopic (exact) mass is 581 g/mol. The molecule has 0 fully saturated rings. The van der Waals surface area contributed by atoms with Gasteiger partial charge in [0.15, 0.2) is 9.84 Å². The van der Waals surface area contributed by atoms with Crippen LogP contribution >= 0.6 is 0 Å². The maximum atomic E-state index is 14.0. The SMILES string of the molecule is CCS(=O)(=O)c1ccc(C(CO)NC(=O)c2nc(C(C)(C)C)n(Cc3cccc(CO)c3C(F)(F)F)c2C)cc1. The minimum atomic E-state index is -4.70. The Kier molecular flexibility index (Phi) is 9.17. The van der Waals surface area contributed by atoms with Crippen LogP contribution in [-0.4, -0.2) is 46.4 Å². The van der Waals surface area contributed by atoms with Gasteiger partial charge in [0.1, 0.15) is 11.5 Å². The Labute approximate surface area is 231 Å². The van der Waals surface area contributed by atoms with E-state index in [4.69, 9.17) is 0 Å². The lowest BCUT2D eigenvalue weighted by molar-refractivity contribution is -0.139. The van der Waals surface area contributed by atoms with Gasteiger partial charge in [-0.15, -0.1) is 0 Å². The lowest BCUT2D eigenvalue weighted by Gasteiger charge is -2.23. The molecule has 40 heavy (non-hydrogen) atoms. The van der Waals surface area contributed by atoms with Crippen LogP contribution in [0.25, 0.3) is 0 Å². The molecule has 12 heteroatoms. The number of carbonyl (C=O) groups excluding carboxylic acids is 1. The summed E-state index contributed by atoms with van der Waals surface area (Å²) < 4.78 is 67.7. The number of aromatic nitrogens is 2. The van der Waals surface area contributed by atoms with Gasteiger partial charge in [-0.2, -0.15) is 13.2 Å². The number of imidazole rings is 1. The van der Waals surface area contributed by atoms with Crippen molar-refractivity contribution >= 4 is 15.7 Å². The second-order valence-electron chi connectivity index (χ2n) is 10.5. The van der Waals surface area contributed by atoms with Crippen molar-refractivity contribution in [2.24, 2.45) is 0 Å². The van der Waals surface area contributed by atoms with Crippen LogP contribution in [0.3, 0.4) is 0 Å². The number of benzene rings is 2. The van der Waals surface area contributed by atoms with Gasteiger partial charge in [-0.3, -0.25) is 4.79 Å². The molecular weight excluding hydrogens is 547 g/mol. The van der Waals surface area contributed by atoms with Crippen LogP contribution in [0.1, 0.15) is 78.0 Å². The van der Waals surface area contributed by atoms with E-state index in [2.05, 4.69) is 10.3 Å². The van der Waals surface area contributed by atoms with Crippen LogP contribution in [0.5, 0.6) is 0 Å². The van der Waals surface area contributed by atoms with E-state index in [1.54, 1.807) is 11.5 Å². The Hall–Kier alpha value is -3.22. The lowest BCUT2D eigenvalue weighted by atomic mass is 9.95. The van der Waals surface area contributed by atoms with E-state index in [0.717, 1.165) is 0 Å². The van der Waals surface area contributed by atoms with Crippen molar-refractivity contribution in [2.75, 3.05) is 12.4 Å². The highest BCUT2D eigenvalue weighted by atomic mass is 32.2. The highest BCUT2D eigenvalue weighted by molar-refractivity contribution is 7.91. The van der Waals surface area contributed by atoms with Crippen LogP contribution < -0.4 is 5.32 Å². The van der Waals surface area contributed by atoms with Crippen molar-refractivity contribution in [3.8, 4) is 0 Å². The van der Waals surface area contributed by atoms with Gasteiger partial charge in [-0.05, 0) is 35.7 Å². The average Bonchev–Trinajstić information content (AvgIpc) is 3.22. The van der Waals surface area contributed by atoms with Crippen molar-refractivity contribution in [3.63, 3.8) is 0 Å². The maximum absolute atomic E-state index is 14.0. The first-order valence-corrected chi connectivity index (χ1v) is 14.3. The molecule has 0 aliphatic rings. The number of sulfone groups is 1. The number of carbonyl (C=O) groups is 1. The van der Waals surface area contributed by atoms with Crippen molar-refractivity contribution in [1.29, 1.82) is 0 Å². The molecule has 0 saturated carbocycles. The molecule has 0 saturated heterocycles. The van der Waals surface area contributed by atoms with Crippen LogP contribution in [0.15, 0.2) is 47.4 Å².